The molecule has 28 heavy (non-hydrogen) atoms. The maximum atomic E-state index is 12.7. The second-order valence-electron chi connectivity index (χ2n) is 7.62. The Balaban J connectivity index is 0.00000280. The number of aliphatic imine (C=N–C) groups is 1. The number of carbonyl (C=O) groups is 1. The van der Waals surface area contributed by atoms with Crippen molar-refractivity contribution in [2.24, 2.45) is 10.9 Å². The van der Waals surface area contributed by atoms with E-state index in [1.807, 2.05) is 6.20 Å². The number of hydrogen-bond acceptors (Lipinski definition) is 4. The predicted octanol–water partition coefficient (Wildman–Crippen LogP) is 3.35. The number of nitrogens with one attached hydrogen (secondary N) is 2. The van der Waals surface area contributed by atoms with E-state index in [0.717, 1.165) is 62.8 Å². The lowest BCUT2D eigenvalue weighted by Crippen LogP contribution is -2.45. The van der Waals surface area contributed by atoms with Crippen LogP contribution in [0.1, 0.15) is 55.3 Å². The molecule has 1 amide bonds. The lowest BCUT2D eigenvalue weighted by atomic mass is 9.88. The van der Waals surface area contributed by atoms with E-state index in [0.29, 0.717) is 5.91 Å². The van der Waals surface area contributed by atoms with Crippen LogP contribution in [-0.4, -0.2) is 54.0 Å². The number of hydrogen-bond donors (Lipinski definition) is 2. The van der Waals surface area contributed by atoms with E-state index in [-0.39, 0.29) is 35.9 Å². The minimum Gasteiger partial charge on any atom is -0.357 e. The lowest BCUT2D eigenvalue weighted by molar-refractivity contribution is -0.135. The number of amides is 1. The van der Waals surface area contributed by atoms with Gasteiger partial charge in [0.15, 0.2) is 5.96 Å². The first-order valence-electron chi connectivity index (χ1n) is 10.4. The van der Waals surface area contributed by atoms with Crippen molar-refractivity contribution in [3.05, 3.63) is 16.1 Å². The first-order valence-corrected chi connectivity index (χ1v) is 11.2. The summed E-state index contributed by atoms with van der Waals surface area (Å²) >= 11 is 1.74. The smallest absolute Gasteiger partial charge is 0.225 e. The Labute approximate surface area is 190 Å². The summed E-state index contributed by atoms with van der Waals surface area (Å²) < 4.78 is 0. The van der Waals surface area contributed by atoms with Gasteiger partial charge in [-0.15, -0.1) is 35.3 Å². The number of carbonyl (C=O) groups excluding carboxylic acids is 1. The maximum absolute atomic E-state index is 12.7. The van der Waals surface area contributed by atoms with Crippen LogP contribution in [0.5, 0.6) is 0 Å². The van der Waals surface area contributed by atoms with Crippen molar-refractivity contribution >= 4 is 47.2 Å². The molecule has 2 N–H and O–H groups in total. The molecule has 8 heteroatoms. The Hall–Kier alpha value is -0.900. The van der Waals surface area contributed by atoms with Gasteiger partial charge in [-0.05, 0) is 33.1 Å². The second kappa shape index (κ2) is 11.9. The molecule has 1 aromatic heterocycles. The van der Waals surface area contributed by atoms with E-state index in [1.165, 1.54) is 24.1 Å². The fraction of sp³-hybridized carbons (Fsp3) is 0.750. The highest BCUT2D eigenvalue weighted by atomic mass is 127. The fourth-order valence-corrected chi connectivity index (χ4v) is 4.76. The highest BCUT2D eigenvalue weighted by Crippen LogP contribution is 2.26. The van der Waals surface area contributed by atoms with Gasteiger partial charge in [0.25, 0.3) is 0 Å². The number of thiazole rings is 1. The molecule has 6 nitrogen and oxygen atoms in total. The van der Waals surface area contributed by atoms with E-state index in [9.17, 15) is 4.79 Å². The molecule has 1 saturated carbocycles. The summed E-state index contributed by atoms with van der Waals surface area (Å²) in [6.07, 6.45) is 9.65. The third-order valence-electron chi connectivity index (χ3n) is 5.40. The zero-order chi connectivity index (χ0) is 19.1. The van der Waals surface area contributed by atoms with Crippen LogP contribution in [0.25, 0.3) is 0 Å². The normalized spacial score (nSPS) is 20.7. The van der Waals surface area contributed by atoms with Crippen molar-refractivity contribution in [1.29, 1.82) is 0 Å². The molecule has 2 fully saturated rings. The molecule has 1 saturated heterocycles. The van der Waals surface area contributed by atoms with E-state index in [2.05, 4.69) is 34.4 Å². The molecule has 1 unspecified atom stereocenters. The van der Waals surface area contributed by atoms with Gasteiger partial charge in [0.1, 0.15) is 0 Å². The van der Waals surface area contributed by atoms with Gasteiger partial charge in [0, 0.05) is 55.6 Å². The van der Waals surface area contributed by atoms with Crippen molar-refractivity contribution in [3.8, 4) is 0 Å². The average Bonchev–Trinajstić information content (AvgIpc) is 3.31. The van der Waals surface area contributed by atoms with E-state index in [1.54, 1.807) is 11.3 Å². The molecule has 2 aliphatic rings. The largest absolute Gasteiger partial charge is 0.357 e. The molecule has 2 heterocycles. The summed E-state index contributed by atoms with van der Waals surface area (Å²) in [4.78, 5) is 25.1. The first-order chi connectivity index (χ1) is 13.2. The molecule has 3 rings (SSSR count). The second-order valence-corrected chi connectivity index (χ2v) is 8.94. The third kappa shape index (κ3) is 6.86. The van der Waals surface area contributed by atoms with Crippen molar-refractivity contribution in [2.45, 2.75) is 64.8 Å². The zero-order valence-corrected chi connectivity index (χ0v) is 20.2. The third-order valence-corrected chi connectivity index (χ3v) is 6.38. The molecule has 0 bridgehead atoms. The number of nitrogens with zero attached hydrogens (tertiary/aromatic N) is 3. The molecule has 0 spiro atoms. The minimum absolute atomic E-state index is 0. The molecule has 1 aliphatic heterocycles. The highest BCUT2D eigenvalue weighted by molar-refractivity contribution is 14.0. The Bertz CT molecular complexity index is 644. The molecule has 0 radical (unpaired) electrons. The molecule has 1 aromatic rings. The van der Waals surface area contributed by atoms with E-state index >= 15 is 0 Å². The molecule has 1 aliphatic carbocycles. The van der Waals surface area contributed by atoms with Gasteiger partial charge >= 0.3 is 0 Å². The molecule has 1 atom stereocenters. The maximum Gasteiger partial charge on any atom is 0.225 e. The lowest BCUT2D eigenvalue weighted by Gasteiger charge is -2.26. The topological polar surface area (TPSA) is 69.6 Å². The summed E-state index contributed by atoms with van der Waals surface area (Å²) in [6.45, 7) is 7.38. The average molecular weight is 519 g/mol. The number of halogens is 1. The van der Waals surface area contributed by atoms with Crippen LogP contribution in [0.3, 0.4) is 0 Å². The summed E-state index contributed by atoms with van der Waals surface area (Å²) in [5.74, 6) is 1.49. The molecule has 158 valence electrons. The Morgan fingerprint density at radius 1 is 1.32 bits per heavy atom. The van der Waals surface area contributed by atoms with Gasteiger partial charge in [-0.2, -0.15) is 0 Å². The number of guanidine groups is 1. The van der Waals surface area contributed by atoms with Gasteiger partial charge in [-0.25, -0.2) is 4.98 Å². The predicted molar refractivity (Wildman–Crippen MR) is 127 cm³/mol. The first kappa shape index (κ1) is 23.4. The van der Waals surface area contributed by atoms with Gasteiger partial charge < -0.3 is 15.5 Å². The van der Waals surface area contributed by atoms with E-state index in [4.69, 9.17) is 4.99 Å². The number of rotatable bonds is 6. The molecule has 0 aromatic carbocycles. The van der Waals surface area contributed by atoms with Crippen molar-refractivity contribution in [3.63, 3.8) is 0 Å². The Kier molecular flexibility index (Phi) is 9.98. The Morgan fingerprint density at radius 3 is 2.79 bits per heavy atom. The summed E-state index contributed by atoms with van der Waals surface area (Å²) in [5, 5.41) is 7.99. The van der Waals surface area contributed by atoms with Crippen LogP contribution in [-0.2, 0) is 11.2 Å². The van der Waals surface area contributed by atoms with Crippen molar-refractivity contribution in [1.82, 2.24) is 20.5 Å². The van der Waals surface area contributed by atoms with Crippen LogP contribution >= 0.6 is 35.3 Å². The van der Waals surface area contributed by atoms with Crippen LogP contribution in [0, 0.1) is 12.8 Å². The highest BCUT2D eigenvalue weighted by Gasteiger charge is 2.31. The summed E-state index contributed by atoms with van der Waals surface area (Å²) in [5.41, 5.74) is 0. The molecular formula is C20H34IN5OS. The number of aromatic nitrogens is 1. The Morgan fingerprint density at radius 2 is 2.11 bits per heavy atom. The number of aryl methyl sites for hydroxylation is 1. The van der Waals surface area contributed by atoms with E-state index < -0.39 is 0 Å². The van der Waals surface area contributed by atoms with Crippen LogP contribution in [0.15, 0.2) is 11.2 Å². The summed E-state index contributed by atoms with van der Waals surface area (Å²) in [7, 11) is 0. The minimum atomic E-state index is 0. The van der Waals surface area contributed by atoms with Crippen molar-refractivity contribution in [2.75, 3.05) is 26.2 Å². The van der Waals surface area contributed by atoms with Gasteiger partial charge in [0.05, 0.1) is 5.01 Å². The summed E-state index contributed by atoms with van der Waals surface area (Å²) in [6, 6.07) is 0.289. The van der Waals surface area contributed by atoms with Gasteiger partial charge in [-0.3, -0.25) is 9.79 Å². The van der Waals surface area contributed by atoms with Crippen molar-refractivity contribution < 1.29 is 4.79 Å². The monoisotopic (exact) mass is 519 g/mol. The van der Waals surface area contributed by atoms with Crippen LogP contribution in [0.2, 0.25) is 0 Å². The quantitative estimate of drug-likeness (QED) is 0.344. The molecular weight excluding hydrogens is 485 g/mol. The number of likely N-dealkylation sites (tertiary alicyclic amines) is 1. The SMILES string of the molecule is CCNC(=NCCc1ncc(C)s1)NC1CCN(C(=O)C2CCCCC2)C1.I. The zero-order valence-electron chi connectivity index (χ0n) is 17.1. The van der Waals surface area contributed by atoms with Crippen LogP contribution < -0.4 is 10.6 Å². The van der Waals surface area contributed by atoms with Crippen LogP contribution in [0.4, 0.5) is 0 Å². The van der Waals surface area contributed by atoms with Gasteiger partial charge in [-0.1, -0.05) is 19.3 Å². The fourth-order valence-electron chi connectivity index (χ4n) is 3.98. The van der Waals surface area contributed by atoms with Gasteiger partial charge in [0.2, 0.25) is 5.91 Å². The standard InChI is InChI=1S/C20H33N5OS.HI/c1-3-21-20(22-11-9-18-23-13-15(2)27-18)24-17-10-12-25(14-17)19(26)16-7-5-4-6-8-16;/h13,16-17H,3-12,14H2,1-2H3,(H2,21,22,24);1H.